The standard InChI is InChI=1S/C16H23NO2/c1-11-4-5-13(8-12(11)2)6-7-17(3)10-14-9-15(14)16(18)19/h4-5,8,14-15H,6-7,9-10H2,1-3H3,(H,18,19). The molecular formula is C16H23NO2. The first kappa shape index (κ1) is 14.1. The Bertz CT molecular complexity index is 470. The molecule has 2 unspecified atom stereocenters. The molecule has 3 heteroatoms. The highest BCUT2D eigenvalue weighted by atomic mass is 16.4. The van der Waals surface area contributed by atoms with Crippen LogP contribution < -0.4 is 0 Å². The van der Waals surface area contributed by atoms with Crippen LogP contribution >= 0.6 is 0 Å². The van der Waals surface area contributed by atoms with E-state index in [1.165, 1.54) is 16.7 Å². The van der Waals surface area contributed by atoms with Crippen LogP contribution in [0.15, 0.2) is 18.2 Å². The predicted molar refractivity (Wildman–Crippen MR) is 76.3 cm³/mol. The van der Waals surface area contributed by atoms with Gasteiger partial charge in [0.15, 0.2) is 0 Å². The van der Waals surface area contributed by atoms with Crippen LogP contribution in [0.3, 0.4) is 0 Å². The van der Waals surface area contributed by atoms with Crippen LogP contribution in [0.1, 0.15) is 23.1 Å². The summed E-state index contributed by atoms with van der Waals surface area (Å²) in [4.78, 5) is 13.0. The van der Waals surface area contributed by atoms with Gasteiger partial charge in [0.2, 0.25) is 0 Å². The SMILES string of the molecule is Cc1ccc(CCN(C)CC2CC2C(=O)O)cc1C. The maximum Gasteiger partial charge on any atom is 0.306 e. The summed E-state index contributed by atoms with van der Waals surface area (Å²) < 4.78 is 0. The fraction of sp³-hybridized carbons (Fsp3) is 0.562. The normalized spacial score (nSPS) is 21.7. The Morgan fingerprint density at radius 2 is 2.11 bits per heavy atom. The molecule has 1 N–H and O–H groups in total. The lowest BCUT2D eigenvalue weighted by Gasteiger charge is -2.16. The van der Waals surface area contributed by atoms with Crippen LogP contribution in [0.4, 0.5) is 0 Å². The Balaban J connectivity index is 1.76. The Morgan fingerprint density at radius 3 is 2.68 bits per heavy atom. The number of aliphatic carboxylic acids is 1. The summed E-state index contributed by atoms with van der Waals surface area (Å²) in [7, 11) is 2.08. The number of nitrogens with zero attached hydrogens (tertiary/aromatic N) is 1. The van der Waals surface area contributed by atoms with Gasteiger partial charge in [-0.05, 0) is 56.3 Å². The van der Waals surface area contributed by atoms with Crippen LogP contribution in [0.25, 0.3) is 0 Å². The minimum absolute atomic E-state index is 0.0935. The Morgan fingerprint density at radius 1 is 1.37 bits per heavy atom. The largest absolute Gasteiger partial charge is 0.481 e. The van der Waals surface area contributed by atoms with Gasteiger partial charge >= 0.3 is 5.97 Å². The zero-order valence-electron chi connectivity index (χ0n) is 12.0. The van der Waals surface area contributed by atoms with Crippen molar-refractivity contribution in [2.75, 3.05) is 20.1 Å². The summed E-state index contributed by atoms with van der Waals surface area (Å²) in [5.74, 6) is -0.362. The van der Waals surface area contributed by atoms with E-state index in [9.17, 15) is 4.79 Å². The Labute approximate surface area is 115 Å². The van der Waals surface area contributed by atoms with Crippen molar-refractivity contribution in [1.29, 1.82) is 0 Å². The molecule has 2 rings (SSSR count). The number of rotatable bonds is 6. The highest BCUT2D eigenvalue weighted by Gasteiger charge is 2.43. The van der Waals surface area contributed by atoms with Gasteiger partial charge in [0, 0.05) is 13.1 Å². The minimum atomic E-state index is -0.632. The molecule has 0 amide bonds. The van der Waals surface area contributed by atoms with E-state index in [0.29, 0.717) is 5.92 Å². The first-order valence-corrected chi connectivity index (χ1v) is 6.95. The number of aryl methyl sites for hydroxylation is 2. The van der Waals surface area contributed by atoms with Crippen molar-refractivity contribution in [2.24, 2.45) is 11.8 Å². The summed E-state index contributed by atoms with van der Waals surface area (Å²) in [5.41, 5.74) is 4.04. The Hall–Kier alpha value is -1.35. The molecule has 1 aromatic carbocycles. The van der Waals surface area contributed by atoms with Gasteiger partial charge in [-0.25, -0.2) is 0 Å². The second-order valence-electron chi connectivity index (χ2n) is 5.87. The highest BCUT2D eigenvalue weighted by Crippen LogP contribution is 2.38. The minimum Gasteiger partial charge on any atom is -0.481 e. The third kappa shape index (κ3) is 3.80. The Kier molecular flexibility index (Phi) is 4.25. The van der Waals surface area contributed by atoms with Gasteiger partial charge in [-0.2, -0.15) is 0 Å². The topological polar surface area (TPSA) is 40.5 Å². The fourth-order valence-corrected chi connectivity index (χ4v) is 2.52. The van der Waals surface area contributed by atoms with Gasteiger partial charge in [0.1, 0.15) is 0 Å². The van der Waals surface area contributed by atoms with Crippen LogP contribution in [0.2, 0.25) is 0 Å². The number of hydrogen-bond acceptors (Lipinski definition) is 2. The molecule has 0 bridgehead atoms. The van der Waals surface area contributed by atoms with E-state index in [1.807, 2.05) is 0 Å². The number of carbonyl (C=O) groups is 1. The molecule has 1 aliphatic carbocycles. The lowest BCUT2D eigenvalue weighted by Crippen LogP contribution is -2.24. The second kappa shape index (κ2) is 5.74. The van der Waals surface area contributed by atoms with E-state index in [4.69, 9.17) is 5.11 Å². The third-order valence-corrected chi connectivity index (χ3v) is 4.14. The van der Waals surface area contributed by atoms with Gasteiger partial charge in [-0.3, -0.25) is 4.79 Å². The lowest BCUT2D eigenvalue weighted by molar-refractivity contribution is -0.138. The molecule has 1 saturated carbocycles. The lowest BCUT2D eigenvalue weighted by atomic mass is 10.0. The van der Waals surface area contributed by atoms with Crippen LogP contribution in [-0.4, -0.2) is 36.1 Å². The van der Waals surface area contributed by atoms with Crippen molar-refractivity contribution < 1.29 is 9.90 Å². The monoisotopic (exact) mass is 261 g/mol. The second-order valence-corrected chi connectivity index (χ2v) is 5.87. The zero-order chi connectivity index (χ0) is 14.0. The van der Waals surface area contributed by atoms with Crippen molar-refractivity contribution in [2.45, 2.75) is 26.7 Å². The van der Waals surface area contributed by atoms with E-state index in [-0.39, 0.29) is 5.92 Å². The van der Waals surface area contributed by atoms with Crippen LogP contribution in [-0.2, 0) is 11.2 Å². The number of benzene rings is 1. The third-order valence-electron chi connectivity index (χ3n) is 4.14. The van der Waals surface area contributed by atoms with Gasteiger partial charge in [0.25, 0.3) is 0 Å². The van der Waals surface area contributed by atoms with Crippen molar-refractivity contribution in [3.05, 3.63) is 34.9 Å². The predicted octanol–water partition coefficient (Wildman–Crippen LogP) is 2.50. The molecule has 0 radical (unpaired) electrons. The van der Waals surface area contributed by atoms with Crippen molar-refractivity contribution >= 4 is 5.97 Å². The molecule has 1 aliphatic rings. The van der Waals surface area contributed by atoms with E-state index in [1.54, 1.807) is 0 Å². The van der Waals surface area contributed by atoms with Crippen LogP contribution in [0, 0.1) is 25.7 Å². The van der Waals surface area contributed by atoms with Gasteiger partial charge in [-0.15, -0.1) is 0 Å². The quantitative estimate of drug-likeness (QED) is 0.855. The maximum absolute atomic E-state index is 10.8. The van der Waals surface area contributed by atoms with E-state index in [0.717, 1.165) is 25.9 Å². The fourth-order valence-electron chi connectivity index (χ4n) is 2.52. The summed E-state index contributed by atoms with van der Waals surface area (Å²) in [5, 5.41) is 8.88. The number of likely N-dealkylation sites (N-methyl/N-ethyl adjacent to an activating group) is 1. The van der Waals surface area contributed by atoms with E-state index in [2.05, 4.69) is 44.0 Å². The average Bonchev–Trinajstić information content (AvgIpc) is 3.10. The highest BCUT2D eigenvalue weighted by molar-refractivity contribution is 5.73. The van der Waals surface area contributed by atoms with Gasteiger partial charge < -0.3 is 10.0 Å². The van der Waals surface area contributed by atoms with Crippen molar-refractivity contribution in [1.82, 2.24) is 4.90 Å². The molecule has 0 heterocycles. The van der Waals surface area contributed by atoms with Gasteiger partial charge in [-0.1, -0.05) is 18.2 Å². The first-order chi connectivity index (χ1) is 8.97. The molecular weight excluding hydrogens is 238 g/mol. The maximum atomic E-state index is 10.8. The molecule has 3 nitrogen and oxygen atoms in total. The summed E-state index contributed by atoms with van der Waals surface area (Å²) in [6.45, 7) is 6.17. The number of hydrogen-bond donors (Lipinski definition) is 1. The molecule has 0 spiro atoms. The summed E-state index contributed by atoms with van der Waals surface area (Å²) in [6, 6.07) is 6.61. The van der Waals surface area contributed by atoms with E-state index >= 15 is 0 Å². The smallest absolute Gasteiger partial charge is 0.306 e. The molecule has 2 atom stereocenters. The molecule has 0 saturated heterocycles. The molecule has 0 aliphatic heterocycles. The van der Waals surface area contributed by atoms with Crippen molar-refractivity contribution in [3.63, 3.8) is 0 Å². The summed E-state index contributed by atoms with van der Waals surface area (Å²) >= 11 is 0. The van der Waals surface area contributed by atoms with E-state index < -0.39 is 5.97 Å². The average molecular weight is 261 g/mol. The van der Waals surface area contributed by atoms with Crippen LogP contribution in [0.5, 0.6) is 0 Å². The van der Waals surface area contributed by atoms with Crippen molar-refractivity contribution in [3.8, 4) is 0 Å². The first-order valence-electron chi connectivity index (χ1n) is 6.95. The number of carboxylic acid groups (broad SMARTS) is 1. The van der Waals surface area contributed by atoms with Gasteiger partial charge in [0.05, 0.1) is 5.92 Å². The summed E-state index contributed by atoms with van der Waals surface area (Å²) in [6.07, 6.45) is 1.88. The molecule has 1 aromatic rings. The molecule has 1 fully saturated rings. The zero-order valence-corrected chi connectivity index (χ0v) is 12.0. The molecule has 0 aromatic heterocycles. The molecule has 104 valence electrons. The molecule has 19 heavy (non-hydrogen) atoms. The number of carboxylic acids is 1.